The van der Waals surface area contributed by atoms with E-state index in [1.165, 1.54) is 6.42 Å². The van der Waals surface area contributed by atoms with Gasteiger partial charge in [0.25, 0.3) is 0 Å². The fourth-order valence-corrected chi connectivity index (χ4v) is 3.73. The third-order valence-electron chi connectivity index (χ3n) is 4.81. The number of rotatable bonds is 6. The van der Waals surface area contributed by atoms with E-state index in [1.807, 2.05) is 0 Å². The number of carbonyl (C=O) groups excluding carboxylic acids is 2. The first-order valence-corrected chi connectivity index (χ1v) is 9.72. The van der Waals surface area contributed by atoms with E-state index < -0.39 is 6.04 Å². The van der Waals surface area contributed by atoms with Crippen molar-refractivity contribution in [1.82, 2.24) is 10.2 Å². The normalized spacial score (nSPS) is 16.3. The highest BCUT2D eigenvalue weighted by Gasteiger charge is 2.28. The zero-order valence-electron chi connectivity index (χ0n) is 14.9. The van der Waals surface area contributed by atoms with Gasteiger partial charge < -0.3 is 10.2 Å². The van der Waals surface area contributed by atoms with Gasteiger partial charge in [-0.2, -0.15) is 0 Å². The molecule has 1 aromatic carbocycles. The molecule has 0 aromatic heterocycles. The Morgan fingerprint density at radius 1 is 1.20 bits per heavy atom. The summed E-state index contributed by atoms with van der Waals surface area (Å²) in [4.78, 5) is 26.7. The van der Waals surface area contributed by atoms with E-state index in [0.717, 1.165) is 25.7 Å². The van der Waals surface area contributed by atoms with Gasteiger partial charge in [-0.25, -0.2) is 0 Å². The van der Waals surface area contributed by atoms with Crippen molar-refractivity contribution in [3.8, 4) is 0 Å². The van der Waals surface area contributed by atoms with Gasteiger partial charge in [0.1, 0.15) is 6.04 Å². The SMILES string of the molecule is CCC(=O)N(Cc1c(Cl)cccc1Cl)[C@@H](C)C(=O)NC1CCCCC1. The van der Waals surface area contributed by atoms with Gasteiger partial charge in [0, 0.05) is 34.6 Å². The lowest BCUT2D eigenvalue weighted by molar-refractivity contribution is -0.140. The average Bonchev–Trinajstić information content (AvgIpc) is 2.61. The zero-order chi connectivity index (χ0) is 18.4. The molecule has 1 fully saturated rings. The number of nitrogens with one attached hydrogen (secondary N) is 1. The molecular formula is C19H26Cl2N2O2. The monoisotopic (exact) mass is 384 g/mol. The topological polar surface area (TPSA) is 49.4 Å². The minimum absolute atomic E-state index is 0.0951. The van der Waals surface area contributed by atoms with E-state index in [4.69, 9.17) is 23.2 Å². The molecule has 1 aliphatic carbocycles. The molecule has 0 heterocycles. The molecule has 0 spiro atoms. The highest BCUT2D eigenvalue weighted by atomic mass is 35.5. The maximum absolute atomic E-state index is 12.7. The van der Waals surface area contributed by atoms with E-state index in [0.29, 0.717) is 22.0 Å². The van der Waals surface area contributed by atoms with E-state index in [9.17, 15) is 9.59 Å². The van der Waals surface area contributed by atoms with Gasteiger partial charge in [-0.05, 0) is 31.9 Å². The number of hydrogen-bond donors (Lipinski definition) is 1. The van der Waals surface area contributed by atoms with Crippen molar-refractivity contribution < 1.29 is 9.59 Å². The van der Waals surface area contributed by atoms with Crippen molar-refractivity contribution >= 4 is 35.0 Å². The number of halogens is 2. The van der Waals surface area contributed by atoms with Crippen LogP contribution in [0.1, 0.15) is 57.9 Å². The Balaban J connectivity index is 2.12. The molecule has 0 aliphatic heterocycles. The molecule has 0 bridgehead atoms. The summed E-state index contributed by atoms with van der Waals surface area (Å²) in [5, 5.41) is 4.10. The summed E-state index contributed by atoms with van der Waals surface area (Å²) in [6.45, 7) is 3.77. The van der Waals surface area contributed by atoms with Crippen LogP contribution in [0.2, 0.25) is 10.0 Å². The molecule has 0 radical (unpaired) electrons. The van der Waals surface area contributed by atoms with Gasteiger partial charge in [0.05, 0.1) is 0 Å². The van der Waals surface area contributed by atoms with Crippen molar-refractivity contribution in [2.24, 2.45) is 0 Å². The first-order chi connectivity index (χ1) is 11.9. The molecule has 1 aliphatic rings. The Morgan fingerprint density at radius 2 is 1.80 bits per heavy atom. The van der Waals surface area contributed by atoms with Crippen LogP contribution in [-0.2, 0) is 16.1 Å². The Hall–Kier alpha value is -1.26. The maximum Gasteiger partial charge on any atom is 0.242 e. The highest BCUT2D eigenvalue weighted by Crippen LogP contribution is 2.27. The lowest BCUT2D eigenvalue weighted by Crippen LogP contribution is -2.50. The largest absolute Gasteiger partial charge is 0.352 e. The molecule has 0 unspecified atom stereocenters. The molecule has 25 heavy (non-hydrogen) atoms. The van der Waals surface area contributed by atoms with E-state index >= 15 is 0 Å². The van der Waals surface area contributed by atoms with Crippen LogP contribution < -0.4 is 5.32 Å². The fraction of sp³-hybridized carbons (Fsp3) is 0.579. The Kier molecular flexibility index (Phi) is 7.57. The van der Waals surface area contributed by atoms with Crippen LogP contribution in [-0.4, -0.2) is 28.8 Å². The lowest BCUT2D eigenvalue weighted by Gasteiger charge is -2.31. The molecule has 1 saturated carbocycles. The summed E-state index contributed by atoms with van der Waals surface area (Å²) in [7, 11) is 0. The predicted octanol–water partition coefficient (Wildman–Crippen LogP) is 4.57. The minimum Gasteiger partial charge on any atom is -0.352 e. The molecule has 2 rings (SSSR count). The number of hydrogen-bond acceptors (Lipinski definition) is 2. The van der Waals surface area contributed by atoms with Crippen molar-refractivity contribution in [3.05, 3.63) is 33.8 Å². The van der Waals surface area contributed by atoms with Crippen LogP contribution in [0.15, 0.2) is 18.2 Å². The number of carbonyl (C=O) groups is 2. The number of amides is 2. The number of benzene rings is 1. The molecule has 6 heteroatoms. The second kappa shape index (κ2) is 9.44. The van der Waals surface area contributed by atoms with Crippen LogP contribution in [0.3, 0.4) is 0 Å². The van der Waals surface area contributed by atoms with Crippen molar-refractivity contribution in [1.29, 1.82) is 0 Å². The van der Waals surface area contributed by atoms with Crippen LogP contribution in [0.4, 0.5) is 0 Å². The lowest BCUT2D eigenvalue weighted by atomic mass is 9.95. The van der Waals surface area contributed by atoms with E-state index in [1.54, 1.807) is 36.9 Å². The van der Waals surface area contributed by atoms with Gasteiger partial charge in [-0.1, -0.05) is 55.5 Å². The highest BCUT2D eigenvalue weighted by molar-refractivity contribution is 6.36. The van der Waals surface area contributed by atoms with Crippen LogP contribution in [0.25, 0.3) is 0 Å². The Morgan fingerprint density at radius 3 is 2.36 bits per heavy atom. The zero-order valence-corrected chi connectivity index (χ0v) is 16.4. The Labute approximate surface area is 159 Å². The van der Waals surface area contributed by atoms with Crippen molar-refractivity contribution in [2.45, 2.75) is 71.0 Å². The summed E-state index contributed by atoms with van der Waals surface area (Å²) in [5.74, 6) is -0.209. The second-order valence-electron chi connectivity index (χ2n) is 6.59. The molecule has 2 amide bonds. The van der Waals surface area contributed by atoms with Gasteiger partial charge in [0.15, 0.2) is 0 Å². The quantitative estimate of drug-likeness (QED) is 0.780. The van der Waals surface area contributed by atoms with Crippen LogP contribution in [0.5, 0.6) is 0 Å². The molecule has 138 valence electrons. The summed E-state index contributed by atoms with van der Waals surface area (Å²) in [6, 6.07) is 4.89. The molecule has 1 aromatic rings. The third-order valence-corrected chi connectivity index (χ3v) is 5.52. The van der Waals surface area contributed by atoms with E-state index in [2.05, 4.69) is 5.32 Å². The molecule has 0 saturated heterocycles. The van der Waals surface area contributed by atoms with Gasteiger partial charge in [-0.3, -0.25) is 9.59 Å². The second-order valence-corrected chi connectivity index (χ2v) is 7.41. The van der Waals surface area contributed by atoms with Gasteiger partial charge >= 0.3 is 0 Å². The molecule has 1 atom stereocenters. The predicted molar refractivity (Wildman–Crippen MR) is 102 cm³/mol. The van der Waals surface area contributed by atoms with Crippen molar-refractivity contribution in [2.75, 3.05) is 0 Å². The molecule has 1 N–H and O–H groups in total. The van der Waals surface area contributed by atoms with Gasteiger partial charge in [0.2, 0.25) is 11.8 Å². The summed E-state index contributed by atoms with van der Waals surface area (Å²) >= 11 is 12.5. The standard InChI is InChI=1S/C19H26Cl2N2O2/c1-3-18(24)23(12-15-16(20)10-7-11-17(15)21)13(2)19(25)22-14-8-5-4-6-9-14/h7,10-11,13-14H,3-6,8-9,12H2,1-2H3,(H,22,25)/t13-/m0/s1. The number of nitrogens with zero attached hydrogens (tertiary/aromatic N) is 1. The summed E-state index contributed by atoms with van der Waals surface area (Å²) < 4.78 is 0. The smallest absolute Gasteiger partial charge is 0.242 e. The Bertz CT molecular complexity index is 595. The average molecular weight is 385 g/mol. The minimum atomic E-state index is -0.568. The molecular weight excluding hydrogens is 359 g/mol. The first kappa shape index (κ1) is 20.1. The third kappa shape index (κ3) is 5.35. The summed E-state index contributed by atoms with van der Waals surface area (Å²) in [6.07, 6.45) is 5.86. The fourth-order valence-electron chi connectivity index (χ4n) is 3.21. The van der Waals surface area contributed by atoms with Crippen LogP contribution in [0, 0.1) is 0 Å². The summed E-state index contributed by atoms with van der Waals surface area (Å²) in [5.41, 5.74) is 0.671. The van der Waals surface area contributed by atoms with Crippen molar-refractivity contribution in [3.63, 3.8) is 0 Å². The first-order valence-electron chi connectivity index (χ1n) is 8.96. The van der Waals surface area contributed by atoms with E-state index in [-0.39, 0.29) is 24.4 Å². The van der Waals surface area contributed by atoms with Gasteiger partial charge in [-0.15, -0.1) is 0 Å². The van der Waals surface area contributed by atoms with Crippen LogP contribution >= 0.6 is 23.2 Å². The maximum atomic E-state index is 12.7. The molecule has 4 nitrogen and oxygen atoms in total.